The molecule has 5 aliphatic carbocycles. The van der Waals surface area contributed by atoms with Gasteiger partial charge in [-0.15, -0.1) is 0 Å². The molecule has 0 unspecified atom stereocenters. The van der Waals surface area contributed by atoms with Crippen molar-refractivity contribution in [2.24, 2.45) is 29.1 Å². The van der Waals surface area contributed by atoms with E-state index in [1.165, 1.54) is 6.42 Å². The lowest BCUT2D eigenvalue weighted by molar-refractivity contribution is -0.0949. The molecule has 5 rings (SSSR count). The van der Waals surface area contributed by atoms with Crippen molar-refractivity contribution in [2.45, 2.75) is 70.6 Å². The van der Waals surface area contributed by atoms with E-state index in [-0.39, 0.29) is 13.2 Å². The highest BCUT2D eigenvalue weighted by Crippen LogP contribution is 2.64. The highest BCUT2D eigenvalue weighted by atomic mass is 16.5. The maximum Gasteiger partial charge on any atom is 0.0701 e. The van der Waals surface area contributed by atoms with Crippen LogP contribution in [0.25, 0.3) is 0 Å². The van der Waals surface area contributed by atoms with E-state index in [1.807, 2.05) is 0 Å². The third-order valence-electron chi connectivity index (χ3n) is 7.40. The fraction of sp³-hybridized carbons (Fsp3) is 1.00. The van der Waals surface area contributed by atoms with Gasteiger partial charge in [-0.3, -0.25) is 0 Å². The fourth-order valence-corrected chi connectivity index (χ4v) is 6.84. The molecule has 26 heavy (non-hydrogen) atoms. The normalized spacial score (nSPS) is 36.0. The van der Waals surface area contributed by atoms with Crippen LogP contribution in [-0.4, -0.2) is 49.9 Å². The van der Waals surface area contributed by atoms with Crippen LogP contribution in [0.4, 0.5) is 0 Å². The molecule has 0 aromatic carbocycles. The van der Waals surface area contributed by atoms with E-state index in [9.17, 15) is 0 Å². The average molecular weight is 369 g/mol. The first-order chi connectivity index (χ1) is 12.8. The Labute approximate surface area is 159 Å². The molecule has 4 heteroatoms. The third kappa shape index (κ3) is 5.43. The minimum absolute atomic E-state index is 0.0417. The van der Waals surface area contributed by atoms with Crippen molar-refractivity contribution >= 4 is 0 Å². The number of aliphatic hydroxyl groups is 2. The van der Waals surface area contributed by atoms with Gasteiger partial charge in [-0.2, -0.15) is 0 Å². The third-order valence-corrected chi connectivity index (χ3v) is 7.40. The molecule has 0 atom stereocenters. The lowest BCUT2D eigenvalue weighted by Gasteiger charge is -2.60. The SMILES string of the molecule is C1CCC(C23CC4CC(CC(C4)C2)C3)CC1.OCCOCCOCCO. The molecule has 5 aliphatic rings. The standard InChI is InChI=1S/C16H26.C6H14O4/c1-2-4-15(5-3-1)16-9-12-6-13(10-16)8-14(7-12)11-16;7-1-3-9-5-6-10-4-2-8/h12-15H,1-11H2;7-8H,1-6H2. The van der Waals surface area contributed by atoms with E-state index in [2.05, 4.69) is 0 Å². The van der Waals surface area contributed by atoms with Gasteiger partial charge in [0, 0.05) is 0 Å². The first-order valence-corrected chi connectivity index (χ1v) is 11.1. The summed E-state index contributed by atoms with van der Waals surface area (Å²) in [5.74, 6) is 4.63. The van der Waals surface area contributed by atoms with Gasteiger partial charge in [-0.25, -0.2) is 0 Å². The van der Waals surface area contributed by atoms with E-state index in [0.717, 1.165) is 29.1 Å². The minimum atomic E-state index is 0.0417. The van der Waals surface area contributed by atoms with E-state index >= 15 is 0 Å². The molecule has 5 fully saturated rings. The zero-order valence-electron chi connectivity index (χ0n) is 16.5. The van der Waals surface area contributed by atoms with Gasteiger partial charge < -0.3 is 19.7 Å². The average Bonchev–Trinajstić information content (AvgIpc) is 2.65. The van der Waals surface area contributed by atoms with Crippen molar-refractivity contribution in [3.05, 3.63) is 0 Å². The van der Waals surface area contributed by atoms with E-state index in [1.54, 1.807) is 64.2 Å². The molecule has 4 nitrogen and oxygen atoms in total. The molecule has 0 heterocycles. The van der Waals surface area contributed by atoms with Crippen LogP contribution in [0, 0.1) is 29.1 Å². The topological polar surface area (TPSA) is 58.9 Å². The number of hydrogen-bond acceptors (Lipinski definition) is 4. The first-order valence-electron chi connectivity index (χ1n) is 11.1. The van der Waals surface area contributed by atoms with Gasteiger partial charge in [0.25, 0.3) is 0 Å². The van der Waals surface area contributed by atoms with Gasteiger partial charge in [-0.1, -0.05) is 19.3 Å². The molecule has 0 spiro atoms. The Bertz CT molecular complexity index is 348. The zero-order chi connectivity index (χ0) is 18.2. The van der Waals surface area contributed by atoms with Crippen molar-refractivity contribution in [2.75, 3.05) is 39.6 Å². The van der Waals surface area contributed by atoms with Crippen molar-refractivity contribution < 1.29 is 19.7 Å². The molecule has 0 aromatic rings. The summed E-state index contributed by atoms with van der Waals surface area (Å²) >= 11 is 0. The monoisotopic (exact) mass is 368 g/mol. The molecule has 4 bridgehead atoms. The molecule has 0 aromatic heterocycles. The van der Waals surface area contributed by atoms with Crippen LogP contribution in [0.15, 0.2) is 0 Å². The van der Waals surface area contributed by atoms with Crippen LogP contribution in [0.3, 0.4) is 0 Å². The number of rotatable bonds is 8. The summed E-state index contributed by atoms with van der Waals surface area (Å²) in [6.45, 7) is 1.73. The van der Waals surface area contributed by atoms with Crippen molar-refractivity contribution in [3.63, 3.8) is 0 Å². The highest BCUT2D eigenvalue weighted by Gasteiger charge is 2.53. The second-order valence-electron chi connectivity index (χ2n) is 9.29. The van der Waals surface area contributed by atoms with E-state index in [4.69, 9.17) is 19.7 Å². The summed E-state index contributed by atoms with van der Waals surface area (Å²) in [5.41, 5.74) is 0.870. The maximum atomic E-state index is 8.26. The Morgan fingerprint density at radius 1 is 0.654 bits per heavy atom. The van der Waals surface area contributed by atoms with Crippen molar-refractivity contribution in [1.82, 2.24) is 0 Å². The Balaban J connectivity index is 0.000000172. The van der Waals surface area contributed by atoms with E-state index < -0.39 is 0 Å². The van der Waals surface area contributed by atoms with Crippen LogP contribution in [-0.2, 0) is 9.47 Å². The second-order valence-corrected chi connectivity index (χ2v) is 9.29. The van der Waals surface area contributed by atoms with Crippen LogP contribution >= 0.6 is 0 Å². The summed E-state index contributed by atoms with van der Waals surface area (Å²) in [6.07, 6.45) is 17.6. The number of ether oxygens (including phenoxy) is 2. The smallest absolute Gasteiger partial charge is 0.0701 e. The van der Waals surface area contributed by atoms with Crippen molar-refractivity contribution in [3.8, 4) is 0 Å². The summed E-state index contributed by atoms with van der Waals surface area (Å²) in [7, 11) is 0. The van der Waals surface area contributed by atoms with Gasteiger partial charge >= 0.3 is 0 Å². The summed E-state index contributed by atoms with van der Waals surface area (Å²) in [6, 6.07) is 0. The number of aliphatic hydroxyl groups excluding tert-OH is 2. The highest BCUT2D eigenvalue weighted by molar-refractivity contribution is 5.04. The van der Waals surface area contributed by atoms with Crippen LogP contribution < -0.4 is 0 Å². The van der Waals surface area contributed by atoms with Crippen molar-refractivity contribution in [1.29, 1.82) is 0 Å². The fourth-order valence-electron chi connectivity index (χ4n) is 6.84. The molecular weight excluding hydrogens is 328 g/mol. The van der Waals surface area contributed by atoms with Gasteiger partial charge in [-0.05, 0) is 80.5 Å². The molecule has 5 saturated carbocycles. The molecule has 0 saturated heterocycles. The van der Waals surface area contributed by atoms with Gasteiger partial charge in [0.05, 0.1) is 39.6 Å². The Hall–Kier alpha value is -0.160. The van der Waals surface area contributed by atoms with Gasteiger partial charge in [0.15, 0.2) is 0 Å². The molecule has 0 aliphatic heterocycles. The van der Waals surface area contributed by atoms with Crippen LogP contribution in [0.5, 0.6) is 0 Å². The minimum Gasteiger partial charge on any atom is -0.394 e. The Morgan fingerprint density at radius 2 is 1.12 bits per heavy atom. The lowest BCUT2D eigenvalue weighted by atomic mass is 9.45. The molecule has 0 radical (unpaired) electrons. The summed E-state index contributed by atoms with van der Waals surface area (Å²) < 4.78 is 9.75. The Morgan fingerprint density at radius 3 is 1.54 bits per heavy atom. The largest absolute Gasteiger partial charge is 0.394 e. The van der Waals surface area contributed by atoms with Gasteiger partial charge in [0.2, 0.25) is 0 Å². The van der Waals surface area contributed by atoms with Crippen LogP contribution in [0.2, 0.25) is 0 Å². The first kappa shape index (κ1) is 20.6. The Kier molecular flexibility index (Phi) is 8.23. The summed E-state index contributed by atoms with van der Waals surface area (Å²) in [5, 5.41) is 16.5. The second kappa shape index (κ2) is 10.4. The maximum absolute atomic E-state index is 8.26. The van der Waals surface area contributed by atoms with Gasteiger partial charge in [0.1, 0.15) is 0 Å². The van der Waals surface area contributed by atoms with E-state index in [0.29, 0.717) is 26.4 Å². The summed E-state index contributed by atoms with van der Waals surface area (Å²) in [4.78, 5) is 0. The predicted molar refractivity (Wildman–Crippen MR) is 103 cm³/mol. The molecule has 2 N–H and O–H groups in total. The predicted octanol–water partition coefficient (Wildman–Crippen LogP) is 3.79. The van der Waals surface area contributed by atoms with Crippen LogP contribution in [0.1, 0.15) is 70.6 Å². The quantitative estimate of drug-likeness (QED) is 0.640. The number of hydrogen-bond donors (Lipinski definition) is 2. The molecular formula is C22H40O4. The lowest BCUT2D eigenvalue weighted by Crippen LogP contribution is -2.49. The molecule has 152 valence electrons. The molecule has 0 amide bonds. The zero-order valence-corrected chi connectivity index (χ0v) is 16.5.